The smallest absolute Gasteiger partial charge is 0.299 e. The molecule has 3 fully saturated rings. The second-order valence-electron chi connectivity index (χ2n) is 8.56. The maximum atomic E-state index is 14.5. The van der Waals surface area contributed by atoms with Crippen molar-refractivity contribution in [1.82, 2.24) is 0 Å². The lowest BCUT2D eigenvalue weighted by molar-refractivity contribution is -0.149. The van der Waals surface area contributed by atoms with Crippen LogP contribution in [0.25, 0.3) is 0 Å². The van der Waals surface area contributed by atoms with E-state index in [4.69, 9.17) is 0 Å². The number of hydrogen-bond donors (Lipinski definition) is 0. The monoisotopic (exact) mass is 322 g/mol. The van der Waals surface area contributed by atoms with Crippen molar-refractivity contribution in [3.63, 3.8) is 0 Å². The average molecular weight is 322 g/mol. The minimum atomic E-state index is -3.29. The third kappa shape index (κ3) is 1.78. The van der Waals surface area contributed by atoms with Gasteiger partial charge in [0.25, 0.3) is 0 Å². The third-order valence-electron chi connectivity index (χ3n) is 7.73. The van der Waals surface area contributed by atoms with E-state index < -0.39 is 17.1 Å². The van der Waals surface area contributed by atoms with Gasteiger partial charge in [0, 0.05) is 23.8 Å². The molecule has 0 unspecified atom stereocenters. The zero-order valence-electron chi connectivity index (χ0n) is 13.8. The summed E-state index contributed by atoms with van der Waals surface area (Å²) in [5.41, 5.74) is -0.737. The highest BCUT2D eigenvalue weighted by Gasteiger charge is 2.63. The Hall–Kier alpha value is -1.06. The average Bonchev–Trinajstić information content (AvgIpc) is 2.79. The largest absolute Gasteiger partial charge is 0.327 e. The van der Waals surface area contributed by atoms with Gasteiger partial charge in [-0.05, 0) is 55.3 Å². The Kier molecular flexibility index (Phi) is 3.04. The predicted octanol–water partition coefficient (Wildman–Crippen LogP) is 4.33. The molecule has 4 aliphatic rings. The first kappa shape index (κ1) is 15.5. The van der Waals surface area contributed by atoms with Gasteiger partial charge in [-0.1, -0.05) is 19.9 Å². The molecule has 0 saturated heterocycles. The molecule has 4 rings (SSSR count). The summed E-state index contributed by atoms with van der Waals surface area (Å²) in [7, 11) is 0. The molecule has 4 heteroatoms. The van der Waals surface area contributed by atoms with Gasteiger partial charge in [0.2, 0.25) is 5.78 Å². The second kappa shape index (κ2) is 4.52. The van der Waals surface area contributed by atoms with Crippen LogP contribution in [0.1, 0.15) is 58.8 Å². The molecule has 5 atom stereocenters. The predicted molar refractivity (Wildman–Crippen MR) is 82.0 cm³/mol. The molecule has 0 spiro atoms. The summed E-state index contributed by atoms with van der Waals surface area (Å²) < 4.78 is 28.9. The summed E-state index contributed by atoms with van der Waals surface area (Å²) in [6.45, 7) is 4.03. The number of hydrogen-bond acceptors (Lipinski definition) is 2. The number of halogens is 2. The van der Waals surface area contributed by atoms with Crippen LogP contribution in [0.15, 0.2) is 11.6 Å². The van der Waals surface area contributed by atoms with Gasteiger partial charge in [0.1, 0.15) is 5.78 Å². The molecule has 126 valence electrons. The standard InChI is InChI=1S/C19H24F2O2/c1-17-10-8-16(23)19(20,21)14(17)5-3-11-12-4-6-15(22)18(12,2)9-7-13(11)17/h5,11-13H,3-4,6-10H2,1-2H3/t11-,12-,13-,17+,18-/m0/s1. The fourth-order valence-corrected chi connectivity index (χ4v) is 6.35. The van der Waals surface area contributed by atoms with Crippen LogP contribution in [0.5, 0.6) is 0 Å². The summed E-state index contributed by atoms with van der Waals surface area (Å²) in [5.74, 6) is -3.01. The van der Waals surface area contributed by atoms with Crippen LogP contribution in [-0.4, -0.2) is 17.5 Å². The zero-order chi connectivity index (χ0) is 16.6. The maximum Gasteiger partial charge on any atom is 0.327 e. The van der Waals surface area contributed by atoms with Gasteiger partial charge in [-0.15, -0.1) is 0 Å². The van der Waals surface area contributed by atoms with Crippen LogP contribution in [0.3, 0.4) is 0 Å². The molecule has 0 N–H and O–H groups in total. The van der Waals surface area contributed by atoms with Crippen molar-refractivity contribution in [1.29, 1.82) is 0 Å². The van der Waals surface area contributed by atoms with Gasteiger partial charge in [-0.2, -0.15) is 8.78 Å². The van der Waals surface area contributed by atoms with E-state index in [1.54, 1.807) is 6.08 Å². The van der Waals surface area contributed by atoms with Crippen LogP contribution in [-0.2, 0) is 9.59 Å². The molecule has 0 radical (unpaired) electrons. The highest BCUT2D eigenvalue weighted by Crippen LogP contribution is 2.65. The van der Waals surface area contributed by atoms with E-state index in [1.165, 1.54) is 0 Å². The molecule has 23 heavy (non-hydrogen) atoms. The Morgan fingerprint density at radius 3 is 2.39 bits per heavy atom. The van der Waals surface area contributed by atoms with Crippen LogP contribution >= 0.6 is 0 Å². The molecule has 0 aromatic heterocycles. The maximum absolute atomic E-state index is 14.5. The first-order valence-electron chi connectivity index (χ1n) is 8.87. The molecule has 4 aliphatic carbocycles. The number of carbonyl (C=O) groups is 2. The van der Waals surface area contributed by atoms with Crippen LogP contribution in [0.2, 0.25) is 0 Å². The fourth-order valence-electron chi connectivity index (χ4n) is 6.35. The van der Waals surface area contributed by atoms with E-state index in [0.29, 0.717) is 36.9 Å². The lowest BCUT2D eigenvalue weighted by atomic mass is 9.47. The van der Waals surface area contributed by atoms with Gasteiger partial charge in [0.05, 0.1) is 0 Å². The molecular formula is C19H24F2O2. The summed E-state index contributed by atoms with van der Waals surface area (Å²) in [6.07, 6.45) is 5.98. The van der Waals surface area contributed by atoms with Crippen LogP contribution in [0, 0.1) is 28.6 Å². The van der Waals surface area contributed by atoms with E-state index >= 15 is 0 Å². The normalized spacial score (nSPS) is 48.3. The van der Waals surface area contributed by atoms with E-state index in [-0.39, 0.29) is 23.3 Å². The highest BCUT2D eigenvalue weighted by molar-refractivity contribution is 5.91. The third-order valence-corrected chi connectivity index (χ3v) is 7.73. The van der Waals surface area contributed by atoms with Crippen molar-refractivity contribution >= 4 is 11.6 Å². The number of allylic oxidation sites excluding steroid dienone is 2. The van der Waals surface area contributed by atoms with Gasteiger partial charge < -0.3 is 0 Å². The van der Waals surface area contributed by atoms with Gasteiger partial charge in [0.15, 0.2) is 0 Å². The highest BCUT2D eigenvalue weighted by atomic mass is 19.3. The molecule has 0 bridgehead atoms. The molecule has 3 saturated carbocycles. The molecule has 0 aromatic rings. The lowest BCUT2D eigenvalue weighted by Gasteiger charge is -2.56. The zero-order valence-corrected chi connectivity index (χ0v) is 13.8. The van der Waals surface area contributed by atoms with Crippen molar-refractivity contribution < 1.29 is 18.4 Å². The number of carbonyl (C=O) groups excluding carboxylic acids is 2. The van der Waals surface area contributed by atoms with E-state index in [0.717, 1.165) is 19.3 Å². The van der Waals surface area contributed by atoms with Gasteiger partial charge in [-0.25, -0.2) is 0 Å². The van der Waals surface area contributed by atoms with Crippen molar-refractivity contribution in [3.8, 4) is 0 Å². The minimum Gasteiger partial charge on any atom is -0.299 e. The van der Waals surface area contributed by atoms with Crippen molar-refractivity contribution in [2.75, 3.05) is 0 Å². The number of rotatable bonds is 0. The number of fused-ring (bicyclic) bond motifs is 5. The quantitative estimate of drug-likeness (QED) is 0.622. The SMILES string of the molecule is C[C@]12CCC(=O)C(F)(F)C1=CC[C@@H]1[C@@H]2CC[C@]2(C)C(=O)CC[C@@H]12. The Morgan fingerprint density at radius 1 is 0.957 bits per heavy atom. The second-order valence-corrected chi connectivity index (χ2v) is 8.56. The summed E-state index contributed by atoms with van der Waals surface area (Å²) in [6, 6.07) is 0. The topological polar surface area (TPSA) is 34.1 Å². The summed E-state index contributed by atoms with van der Waals surface area (Å²) in [4.78, 5) is 24.0. The van der Waals surface area contributed by atoms with Crippen molar-refractivity contribution in [2.24, 2.45) is 28.6 Å². The number of ketones is 2. The van der Waals surface area contributed by atoms with Crippen molar-refractivity contribution in [2.45, 2.75) is 64.7 Å². The minimum absolute atomic E-state index is 0.0229. The Labute approximate surface area is 135 Å². The summed E-state index contributed by atoms with van der Waals surface area (Å²) in [5, 5.41) is 0. The molecule has 0 amide bonds. The Morgan fingerprint density at radius 2 is 1.65 bits per heavy atom. The van der Waals surface area contributed by atoms with Gasteiger partial charge >= 0.3 is 5.92 Å². The van der Waals surface area contributed by atoms with Crippen LogP contribution < -0.4 is 0 Å². The van der Waals surface area contributed by atoms with E-state index in [9.17, 15) is 18.4 Å². The van der Waals surface area contributed by atoms with Gasteiger partial charge in [-0.3, -0.25) is 9.59 Å². The fraction of sp³-hybridized carbons (Fsp3) is 0.789. The molecule has 0 aromatic carbocycles. The first-order chi connectivity index (χ1) is 10.7. The van der Waals surface area contributed by atoms with E-state index in [2.05, 4.69) is 6.92 Å². The molecule has 2 nitrogen and oxygen atoms in total. The first-order valence-corrected chi connectivity index (χ1v) is 8.87. The van der Waals surface area contributed by atoms with Crippen molar-refractivity contribution in [3.05, 3.63) is 11.6 Å². The molecular weight excluding hydrogens is 298 g/mol. The summed E-state index contributed by atoms with van der Waals surface area (Å²) >= 11 is 0. The van der Waals surface area contributed by atoms with E-state index in [1.807, 2.05) is 6.92 Å². The lowest BCUT2D eigenvalue weighted by Crippen LogP contribution is -2.54. The number of Topliss-reactive ketones (excluding diaryl/α,β-unsaturated/α-hetero) is 2. The molecule has 0 heterocycles. The van der Waals surface area contributed by atoms with Crippen LogP contribution in [0.4, 0.5) is 8.78 Å². The number of alkyl halides is 2. The Bertz CT molecular complexity index is 623. The Balaban J connectivity index is 1.76. The molecule has 0 aliphatic heterocycles.